The molecule has 0 amide bonds. The van der Waals surface area contributed by atoms with Crippen LogP contribution in [0.15, 0.2) is 47.1 Å². The van der Waals surface area contributed by atoms with Gasteiger partial charge in [-0.15, -0.1) is 0 Å². The number of benzene rings is 1. The second-order valence-corrected chi connectivity index (χ2v) is 6.29. The number of aryl methyl sites for hydroxylation is 1. The minimum absolute atomic E-state index is 0.00441. The number of aromatic nitrogens is 2. The highest BCUT2D eigenvalue weighted by Gasteiger charge is 2.25. The van der Waals surface area contributed by atoms with Gasteiger partial charge in [0.25, 0.3) is 0 Å². The van der Waals surface area contributed by atoms with Crippen LogP contribution in [0.25, 0.3) is 11.3 Å². The summed E-state index contributed by atoms with van der Waals surface area (Å²) >= 11 is 0. The largest absolute Gasteiger partial charge is 0.497 e. The standard InChI is InChI=1S/C20H21N3O4/c1-12-5-4-10-21-16(12)11-13(2)22-19-17(20(24)25)18(27-23-19)14-6-8-15(26-3)9-7-14/h4-10,13H,11H2,1-3H3,(H,22,23)(H,24,25). The van der Waals surface area contributed by atoms with Gasteiger partial charge in [0.05, 0.1) is 7.11 Å². The lowest BCUT2D eigenvalue weighted by Gasteiger charge is -2.14. The maximum Gasteiger partial charge on any atom is 0.343 e. The monoisotopic (exact) mass is 367 g/mol. The summed E-state index contributed by atoms with van der Waals surface area (Å²) < 4.78 is 10.5. The van der Waals surface area contributed by atoms with Crippen LogP contribution in [0.2, 0.25) is 0 Å². The van der Waals surface area contributed by atoms with Crippen LogP contribution in [0.4, 0.5) is 5.82 Å². The van der Waals surface area contributed by atoms with Crippen molar-refractivity contribution in [2.24, 2.45) is 0 Å². The van der Waals surface area contributed by atoms with E-state index >= 15 is 0 Å². The molecule has 0 radical (unpaired) electrons. The fraction of sp³-hybridized carbons (Fsp3) is 0.250. The zero-order chi connectivity index (χ0) is 19.4. The molecule has 0 fully saturated rings. The van der Waals surface area contributed by atoms with E-state index in [2.05, 4.69) is 15.5 Å². The number of aromatic carboxylic acids is 1. The molecule has 27 heavy (non-hydrogen) atoms. The lowest BCUT2D eigenvalue weighted by molar-refractivity contribution is 0.0698. The lowest BCUT2D eigenvalue weighted by atomic mass is 10.1. The first-order valence-electron chi connectivity index (χ1n) is 8.54. The summed E-state index contributed by atoms with van der Waals surface area (Å²) in [6.45, 7) is 3.94. The molecular formula is C20H21N3O4. The molecule has 2 heterocycles. The SMILES string of the molecule is COc1ccc(-c2onc(NC(C)Cc3ncccc3C)c2C(=O)O)cc1. The van der Waals surface area contributed by atoms with Gasteiger partial charge < -0.3 is 19.7 Å². The van der Waals surface area contributed by atoms with E-state index in [1.54, 1.807) is 37.6 Å². The highest BCUT2D eigenvalue weighted by molar-refractivity contribution is 5.99. The van der Waals surface area contributed by atoms with Gasteiger partial charge in [-0.1, -0.05) is 11.2 Å². The molecule has 0 aliphatic heterocycles. The zero-order valence-electron chi connectivity index (χ0n) is 15.4. The van der Waals surface area contributed by atoms with Crippen LogP contribution in [0.3, 0.4) is 0 Å². The topological polar surface area (TPSA) is 97.5 Å². The first-order valence-corrected chi connectivity index (χ1v) is 8.54. The maximum atomic E-state index is 11.8. The molecule has 1 atom stereocenters. The van der Waals surface area contributed by atoms with Gasteiger partial charge in [-0.05, 0) is 49.7 Å². The summed E-state index contributed by atoms with van der Waals surface area (Å²) in [5, 5.41) is 16.7. The van der Waals surface area contributed by atoms with Crippen LogP contribution in [0.5, 0.6) is 5.75 Å². The van der Waals surface area contributed by atoms with Crippen molar-refractivity contribution < 1.29 is 19.2 Å². The van der Waals surface area contributed by atoms with Gasteiger partial charge in [0.2, 0.25) is 0 Å². The van der Waals surface area contributed by atoms with Crippen molar-refractivity contribution in [1.29, 1.82) is 0 Å². The van der Waals surface area contributed by atoms with E-state index in [1.807, 2.05) is 26.0 Å². The van der Waals surface area contributed by atoms with E-state index in [-0.39, 0.29) is 23.2 Å². The Morgan fingerprint density at radius 3 is 2.67 bits per heavy atom. The molecular weight excluding hydrogens is 346 g/mol. The van der Waals surface area contributed by atoms with Crippen molar-refractivity contribution in [3.63, 3.8) is 0 Å². The van der Waals surface area contributed by atoms with Gasteiger partial charge in [0.15, 0.2) is 17.1 Å². The Labute approximate surface area is 157 Å². The summed E-state index contributed by atoms with van der Waals surface area (Å²) in [5.74, 6) is -0.0260. The highest BCUT2D eigenvalue weighted by Crippen LogP contribution is 2.31. The van der Waals surface area contributed by atoms with Crippen molar-refractivity contribution in [2.75, 3.05) is 12.4 Å². The second kappa shape index (κ2) is 7.90. The van der Waals surface area contributed by atoms with Crippen molar-refractivity contribution in [3.8, 4) is 17.1 Å². The number of carboxylic acid groups (broad SMARTS) is 1. The normalized spacial score (nSPS) is 11.8. The van der Waals surface area contributed by atoms with Gasteiger partial charge >= 0.3 is 5.97 Å². The third kappa shape index (κ3) is 4.08. The fourth-order valence-electron chi connectivity index (χ4n) is 2.83. The fourth-order valence-corrected chi connectivity index (χ4v) is 2.83. The summed E-state index contributed by atoms with van der Waals surface area (Å²) in [7, 11) is 1.57. The summed E-state index contributed by atoms with van der Waals surface area (Å²) in [6.07, 6.45) is 2.38. The van der Waals surface area contributed by atoms with Crippen molar-refractivity contribution in [2.45, 2.75) is 26.3 Å². The Kier molecular flexibility index (Phi) is 5.40. The van der Waals surface area contributed by atoms with E-state index in [1.165, 1.54) is 0 Å². The number of methoxy groups -OCH3 is 1. The van der Waals surface area contributed by atoms with Crippen LogP contribution in [-0.4, -0.2) is 34.4 Å². The number of pyridine rings is 1. The van der Waals surface area contributed by atoms with E-state index in [0.717, 1.165) is 11.3 Å². The second-order valence-electron chi connectivity index (χ2n) is 6.29. The van der Waals surface area contributed by atoms with Gasteiger partial charge in [-0.2, -0.15) is 0 Å². The molecule has 2 N–H and O–H groups in total. The lowest BCUT2D eigenvalue weighted by Crippen LogP contribution is -2.21. The molecule has 0 saturated carbocycles. The van der Waals surface area contributed by atoms with Gasteiger partial charge in [-0.3, -0.25) is 4.98 Å². The first-order chi connectivity index (χ1) is 13.0. The Morgan fingerprint density at radius 1 is 1.30 bits per heavy atom. The van der Waals surface area contributed by atoms with E-state index in [4.69, 9.17) is 9.26 Å². The van der Waals surface area contributed by atoms with Gasteiger partial charge in [-0.25, -0.2) is 4.79 Å². The number of ether oxygens (including phenoxy) is 1. The minimum Gasteiger partial charge on any atom is -0.497 e. The molecule has 7 nitrogen and oxygen atoms in total. The smallest absolute Gasteiger partial charge is 0.343 e. The molecule has 0 spiro atoms. The van der Waals surface area contributed by atoms with Gasteiger partial charge in [0, 0.05) is 29.9 Å². The molecule has 140 valence electrons. The van der Waals surface area contributed by atoms with Gasteiger partial charge in [0.1, 0.15) is 5.75 Å². The number of carbonyl (C=O) groups is 1. The molecule has 2 aromatic heterocycles. The summed E-state index contributed by atoms with van der Waals surface area (Å²) in [5.41, 5.74) is 2.66. The maximum absolute atomic E-state index is 11.8. The van der Waals surface area contributed by atoms with Crippen LogP contribution in [0, 0.1) is 6.92 Å². The Bertz CT molecular complexity index is 935. The quantitative estimate of drug-likeness (QED) is 0.655. The molecule has 1 aromatic carbocycles. The third-order valence-electron chi connectivity index (χ3n) is 4.26. The average Bonchev–Trinajstić information content (AvgIpc) is 3.07. The van der Waals surface area contributed by atoms with Crippen molar-refractivity contribution in [3.05, 3.63) is 59.4 Å². The highest BCUT2D eigenvalue weighted by atomic mass is 16.5. The van der Waals surface area contributed by atoms with Crippen LogP contribution in [-0.2, 0) is 6.42 Å². The predicted molar refractivity (Wildman–Crippen MR) is 101 cm³/mol. The van der Waals surface area contributed by atoms with Crippen molar-refractivity contribution >= 4 is 11.8 Å². The van der Waals surface area contributed by atoms with Crippen LogP contribution < -0.4 is 10.1 Å². The first kappa shape index (κ1) is 18.4. The Morgan fingerprint density at radius 2 is 2.04 bits per heavy atom. The molecule has 3 aromatic rings. The van der Waals surface area contributed by atoms with Crippen molar-refractivity contribution in [1.82, 2.24) is 10.1 Å². The number of nitrogens with zero attached hydrogens (tertiary/aromatic N) is 2. The summed E-state index contributed by atoms with van der Waals surface area (Å²) in [6, 6.07) is 10.7. The molecule has 3 rings (SSSR count). The number of rotatable bonds is 7. The Hall–Kier alpha value is -3.35. The molecule has 0 bridgehead atoms. The predicted octanol–water partition coefficient (Wildman–Crippen LogP) is 3.79. The number of nitrogens with one attached hydrogen (secondary N) is 1. The minimum atomic E-state index is -1.11. The number of carboxylic acids is 1. The number of anilines is 1. The molecule has 7 heteroatoms. The molecule has 0 aliphatic carbocycles. The molecule has 0 saturated heterocycles. The number of hydrogen-bond donors (Lipinski definition) is 2. The van der Waals surface area contributed by atoms with Crippen LogP contribution >= 0.6 is 0 Å². The third-order valence-corrected chi connectivity index (χ3v) is 4.26. The van der Waals surface area contributed by atoms with Crippen LogP contribution in [0.1, 0.15) is 28.5 Å². The Balaban J connectivity index is 1.84. The van der Waals surface area contributed by atoms with E-state index in [9.17, 15) is 9.90 Å². The summed E-state index contributed by atoms with van der Waals surface area (Å²) in [4.78, 5) is 16.2. The number of hydrogen-bond acceptors (Lipinski definition) is 6. The molecule has 1 unspecified atom stereocenters. The average molecular weight is 367 g/mol. The van der Waals surface area contributed by atoms with E-state index in [0.29, 0.717) is 17.7 Å². The van der Waals surface area contributed by atoms with E-state index < -0.39 is 5.97 Å². The zero-order valence-corrected chi connectivity index (χ0v) is 15.4. The molecule has 0 aliphatic rings.